The lowest BCUT2D eigenvalue weighted by Crippen LogP contribution is -2.17. The van der Waals surface area contributed by atoms with Gasteiger partial charge in [-0.3, -0.25) is 0 Å². The molecule has 0 aromatic carbocycles. The fraction of sp³-hybridized carbons (Fsp3) is 1.00. The summed E-state index contributed by atoms with van der Waals surface area (Å²) in [5.41, 5.74) is 0. The van der Waals surface area contributed by atoms with E-state index in [1.807, 2.05) is 20.9 Å². The molecule has 4 heteroatoms. The number of hydrogen-bond donors (Lipinski definition) is 0. The highest BCUT2D eigenvalue weighted by molar-refractivity contribution is 4.71. The fourth-order valence-electron chi connectivity index (χ4n) is 1.37. The second kappa shape index (κ2) is 7.21. The Morgan fingerprint density at radius 2 is 2.08 bits per heavy atom. The zero-order chi connectivity index (χ0) is 10.3. The molecule has 0 amide bonds. The summed E-state index contributed by atoms with van der Waals surface area (Å²) >= 11 is 0. The molecular weight excluding hydrogens is 176 g/mol. The molecule has 0 aromatic heterocycles. The molecule has 1 fully saturated rings. The van der Waals surface area contributed by atoms with Crippen molar-refractivity contribution in [3.63, 3.8) is 0 Å². The highest BCUT2D eigenvalue weighted by Gasteiger charge is 2.20. The minimum absolute atomic E-state index is 0.196. The van der Waals surface area contributed by atoms with Crippen molar-refractivity contribution in [2.24, 2.45) is 5.92 Å². The van der Waals surface area contributed by atoms with Crippen LogP contribution in [0.2, 0.25) is 0 Å². The van der Waals surface area contributed by atoms with Crippen LogP contribution in [0.15, 0.2) is 0 Å². The van der Waals surface area contributed by atoms with Gasteiger partial charge in [-0.25, -0.2) is 0 Å². The summed E-state index contributed by atoms with van der Waals surface area (Å²) in [7, 11) is 1.99. The van der Waals surface area contributed by atoms with E-state index in [-0.39, 0.29) is 6.61 Å². The van der Waals surface area contributed by atoms with Crippen molar-refractivity contribution in [2.75, 3.05) is 26.7 Å². The van der Waals surface area contributed by atoms with Crippen LogP contribution in [0.5, 0.6) is 0 Å². The van der Waals surface area contributed by atoms with Gasteiger partial charge in [-0.2, -0.15) is 8.78 Å². The van der Waals surface area contributed by atoms with Crippen LogP contribution in [0.3, 0.4) is 0 Å². The van der Waals surface area contributed by atoms with Gasteiger partial charge in [0.15, 0.2) is 0 Å². The number of hydrogen-bond acceptors (Lipinski definition) is 2. The van der Waals surface area contributed by atoms with Crippen LogP contribution in [0.4, 0.5) is 8.78 Å². The Labute approximate surface area is 78.9 Å². The van der Waals surface area contributed by atoms with Gasteiger partial charge < -0.3 is 9.64 Å². The zero-order valence-corrected chi connectivity index (χ0v) is 8.59. The number of nitrogens with zero attached hydrogens (tertiary/aromatic N) is 1. The van der Waals surface area contributed by atoms with Crippen molar-refractivity contribution in [3.8, 4) is 0 Å². The second-order valence-corrected chi connectivity index (χ2v) is 3.01. The average Bonchev–Trinajstić information content (AvgIpc) is 2.52. The molecule has 0 radical (unpaired) electrons. The number of rotatable bonds is 3. The molecule has 1 aliphatic rings. The van der Waals surface area contributed by atoms with Crippen LogP contribution >= 0.6 is 0 Å². The first-order chi connectivity index (χ1) is 6.18. The molecule has 1 rings (SSSR count). The molecule has 2 nitrogen and oxygen atoms in total. The van der Waals surface area contributed by atoms with Crippen LogP contribution in [-0.2, 0) is 4.74 Å². The lowest BCUT2D eigenvalue weighted by Gasteiger charge is -2.09. The summed E-state index contributed by atoms with van der Waals surface area (Å²) in [6, 6.07) is 0. The summed E-state index contributed by atoms with van der Waals surface area (Å²) in [5.74, 6) is 0.300. The maximum atomic E-state index is 11.5. The highest BCUT2D eigenvalue weighted by atomic mass is 19.3. The average molecular weight is 195 g/mol. The topological polar surface area (TPSA) is 12.5 Å². The van der Waals surface area contributed by atoms with Crippen molar-refractivity contribution in [1.82, 2.24) is 4.90 Å². The Kier molecular flexibility index (Phi) is 7.09. The van der Waals surface area contributed by atoms with Crippen LogP contribution < -0.4 is 0 Å². The predicted molar refractivity (Wildman–Crippen MR) is 48.9 cm³/mol. The fourth-order valence-corrected chi connectivity index (χ4v) is 1.37. The Balaban J connectivity index is 0.000000671. The second-order valence-electron chi connectivity index (χ2n) is 3.01. The van der Waals surface area contributed by atoms with Gasteiger partial charge in [0, 0.05) is 6.54 Å². The summed E-state index contributed by atoms with van der Waals surface area (Å²) in [6.45, 7) is 3.47. The van der Waals surface area contributed by atoms with Gasteiger partial charge >= 0.3 is 6.61 Å². The van der Waals surface area contributed by atoms with E-state index in [1.54, 1.807) is 0 Å². The van der Waals surface area contributed by atoms with Crippen molar-refractivity contribution in [3.05, 3.63) is 0 Å². The Morgan fingerprint density at radius 1 is 1.46 bits per heavy atom. The minimum atomic E-state index is -2.61. The highest BCUT2D eigenvalue weighted by Crippen LogP contribution is 2.15. The van der Waals surface area contributed by atoms with Crippen LogP contribution in [0.1, 0.15) is 20.3 Å². The number of ether oxygens (including phenoxy) is 1. The molecule has 1 aliphatic heterocycles. The largest absolute Gasteiger partial charge is 0.345 e. The first kappa shape index (κ1) is 12.8. The van der Waals surface area contributed by atoms with Gasteiger partial charge in [0.05, 0.1) is 6.61 Å². The molecule has 1 unspecified atom stereocenters. The molecule has 0 N–H and O–H groups in total. The Hall–Kier alpha value is -0.220. The molecule has 0 aromatic rings. The Bertz CT molecular complexity index is 122. The maximum Gasteiger partial charge on any atom is 0.345 e. The number of halogens is 2. The van der Waals surface area contributed by atoms with E-state index in [0.717, 1.165) is 19.5 Å². The third kappa shape index (κ3) is 5.93. The van der Waals surface area contributed by atoms with Crippen LogP contribution in [0.25, 0.3) is 0 Å². The van der Waals surface area contributed by atoms with Gasteiger partial charge in [0.25, 0.3) is 0 Å². The third-order valence-electron chi connectivity index (χ3n) is 1.95. The minimum Gasteiger partial charge on any atom is -0.323 e. The van der Waals surface area contributed by atoms with E-state index < -0.39 is 6.61 Å². The van der Waals surface area contributed by atoms with E-state index in [4.69, 9.17) is 0 Å². The van der Waals surface area contributed by atoms with E-state index in [0.29, 0.717) is 5.92 Å². The monoisotopic (exact) mass is 195 g/mol. The molecule has 1 atom stereocenters. The van der Waals surface area contributed by atoms with Crippen molar-refractivity contribution < 1.29 is 13.5 Å². The van der Waals surface area contributed by atoms with Gasteiger partial charge in [0.1, 0.15) is 0 Å². The van der Waals surface area contributed by atoms with E-state index in [2.05, 4.69) is 9.64 Å². The standard InChI is InChI=1S/C7H13F2NO.C2H6/c1-10-3-2-6(4-10)5-11-7(8)9;1-2/h6-7H,2-5H2,1H3;1-2H3. The number of alkyl halides is 2. The van der Waals surface area contributed by atoms with Gasteiger partial charge in [0.2, 0.25) is 0 Å². The third-order valence-corrected chi connectivity index (χ3v) is 1.95. The smallest absolute Gasteiger partial charge is 0.323 e. The van der Waals surface area contributed by atoms with Gasteiger partial charge in [-0.05, 0) is 25.9 Å². The van der Waals surface area contributed by atoms with E-state index in [9.17, 15) is 8.78 Å². The summed E-state index contributed by atoms with van der Waals surface area (Å²) in [4.78, 5) is 2.12. The van der Waals surface area contributed by atoms with Crippen LogP contribution in [0, 0.1) is 5.92 Å². The maximum absolute atomic E-state index is 11.5. The molecule has 0 bridgehead atoms. The zero-order valence-electron chi connectivity index (χ0n) is 8.59. The van der Waals surface area contributed by atoms with Crippen molar-refractivity contribution >= 4 is 0 Å². The molecular formula is C9H19F2NO. The van der Waals surface area contributed by atoms with Crippen LogP contribution in [-0.4, -0.2) is 38.3 Å². The van der Waals surface area contributed by atoms with Crippen molar-refractivity contribution in [1.29, 1.82) is 0 Å². The Morgan fingerprint density at radius 3 is 2.46 bits per heavy atom. The molecule has 1 heterocycles. The quantitative estimate of drug-likeness (QED) is 0.684. The summed E-state index contributed by atoms with van der Waals surface area (Å²) in [5, 5.41) is 0. The van der Waals surface area contributed by atoms with Gasteiger partial charge in [-0.1, -0.05) is 13.8 Å². The molecule has 0 spiro atoms. The van der Waals surface area contributed by atoms with Crippen molar-refractivity contribution in [2.45, 2.75) is 26.9 Å². The molecule has 1 saturated heterocycles. The first-order valence-corrected chi connectivity index (χ1v) is 4.77. The molecule has 0 aliphatic carbocycles. The molecule has 0 saturated carbocycles. The lowest BCUT2D eigenvalue weighted by molar-refractivity contribution is -0.137. The summed E-state index contributed by atoms with van der Waals surface area (Å²) < 4.78 is 27.3. The number of likely N-dealkylation sites (tertiary alicyclic amines) is 1. The van der Waals surface area contributed by atoms with E-state index >= 15 is 0 Å². The molecule has 80 valence electrons. The first-order valence-electron chi connectivity index (χ1n) is 4.77. The molecule has 13 heavy (non-hydrogen) atoms. The SMILES string of the molecule is CC.CN1CCC(COC(F)F)C1. The summed E-state index contributed by atoms with van der Waals surface area (Å²) in [6.07, 6.45) is 0.975. The van der Waals surface area contributed by atoms with E-state index in [1.165, 1.54) is 0 Å². The normalized spacial score (nSPS) is 23.1. The lowest BCUT2D eigenvalue weighted by atomic mass is 10.1. The van der Waals surface area contributed by atoms with Gasteiger partial charge in [-0.15, -0.1) is 0 Å². The predicted octanol–water partition coefficient (Wildman–Crippen LogP) is 2.20.